The molecule has 0 fully saturated rings. The van der Waals surface area contributed by atoms with Crippen LogP contribution in [0.1, 0.15) is 11.4 Å². The quantitative estimate of drug-likeness (QED) is 0.813. The normalized spacial score (nSPS) is 9.60. The second-order valence-electron chi connectivity index (χ2n) is 4.17. The maximum Gasteiger partial charge on any atom is 0.136 e. The molecule has 1 aromatic heterocycles. The first-order valence-corrected chi connectivity index (χ1v) is 6.19. The maximum absolute atomic E-state index is 8.77. The minimum Gasteiger partial charge on any atom is -0.366 e. The van der Waals surface area contributed by atoms with Gasteiger partial charge in [0, 0.05) is 18.3 Å². The number of aryl methyl sites for hydroxylation is 1. The van der Waals surface area contributed by atoms with Gasteiger partial charge in [-0.3, -0.25) is 0 Å². The molecule has 0 radical (unpaired) electrons. The van der Waals surface area contributed by atoms with Gasteiger partial charge in [-0.25, -0.2) is 9.97 Å². The molecule has 5 nitrogen and oxygen atoms in total. The van der Waals surface area contributed by atoms with Crippen LogP contribution in [0.25, 0.3) is 0 Å². The third-order valence-corrected chi connectivity index (χ3v) is 2.55. The molecule has 20 heavy (non-hydrogen) atoms. The fraction of sp³-hybridized carbons (Fsp3) is 0.133. The molecular formula is C15H15N5. The Kier molecular flexibility index (Phi) is 4.30. The van der Waals surface area contributed by atoms with Gasteiger partial charge in [-0.2, -0.15) is 5.26 Å². The van der Waals surface area contributed by atoms with Crippen LogP contribution in [-0.2, 0) is 0 Å². The molecular weight excluding hydrogens is 250 g/mol. The Balaban J connectivity index is 2.17. The van der Waals surface area contributed by atoms with Crippen LogP contribution < -0.4 is 10.6 Å². The van der Waals surface area contributed by atoms with E-state index < -0.39 is 0 Å². The third-order valence-electron chi connectivity index (χ3n) is 2.55. The van der Waals surface area contributed by atoms with Crippen molar-refractivity contribution in [3.8, 4) is 6.07 Å². The molecule has 0 amide bonds. The number of nitrogens with one attached hydrogen (secondary N) is 2. The lowest BCUT2D eigenvalue weighted by atomic mass is 10.2. The van der Waals surface area contributed by atoms with Gasteiger partial charge in [0.15, 0.2) is 0 Å². The summed E-state index contributed by atoms with van der Waals surface area (Å²) >= 11 is 0. The molecule has 1 aromatic carbocycles. The highest BCUT2D eigenvalue weighted by Gasteiger charge is 2.02. The van der Waals surface area contributed by atoms with Gasteiger partial charge < -0.3 is 10.6 Å². The smallest absolute Gasteiger partial charge is 0.136 e. The van der Waals surface area contributed by atoms with Crippen LogP contribution in [0.2, 0.25) is 0 Å². The second-order valence-corrected chi connectivity index (χ2v) is 4.17. The van der Waals surface area contributed by atoms with Crippen molar-refractivity contribution in [2.75, 3.05) is 17.2 Å². The number of hydrogen-bond acceptors (Lipinski definition) is 5. The van der Waals surface area contributed by atoms with Crippen molar-refractivity contribution in [3.63, 3.8) is 0 Å². The van der Waals surface area contributed by atoms with E-state index in [1.807, 2.05) is 25.1 Å². The van der Waals surface area contributed by atoms with Gasteiger partial charge in [0.05, 0.1) is 11.6 Å². The van der Waals surface area contributed by atoms with Crippen LogP contribution in [-0.4, -0.2) is 16.5 Å². The Hall–Kier alpha value is -2.87. The summed E-state index contributed by atoms with van der Waals surface area (Å²) < 4.78 is 0. The highest BCUT2D eigenvalue weighted by molar-refractivity contribution is 5.60. The summed E-state index contributed by atoms with van der Waals surface area (Å²) in [7, 11) is 0. The third kappa shape index (κ3) is 3.56. The summed E-state index contributed by atoms with van der Waals surface area (Å²) in [4.78, 5) is 8.61. The van der Waals surface area contributed by atoms with Gasteiger partial charge in [-0.15, -0.1) is 6.58 Å². The first-order chi connectivity index (χ1) is 9.71. The van der Waals surface area contributed by atoms with Crippen LogP contribution in [0.4, 0.5) is 17.3 Å². The van der Waals surface area contributed by atoms with E-state index in [2.05, 4.69) is 33.2 Å². The zero-order valence-corrected chi connectivity index (χ0v) is 11.2. The van der Waals surface area contributed by atoms with E-state index in [1.165, 1.54) is 0 Å². The molecule has 0 aliphatic carbocycles. The number of nitriles is 1. The van der Waals surface area contributed by atoms with E-state index in [0.29, 0.717) is 23.8 Å². The summed E-state index contributed by atoms with van der Waals surface area (Å²) in [6.07, 6.45) is 1.77. The summed E-state index contributed by atoms with van der Waals surface area (Å²) in [6, 6.07) is 11.1. The molecule has 0 atom stereocenters. The minimum absolute atomic E-state index is 0.628. The van der Waals surface area contributed by atoms with Crippen molar-refractivity contribution < 1.29 is 0 Å². The lowest BCUT2D eigenvalue weighted by Gasteiger charge is -2.09. The van der Waals surface area contributed by atoms with Crippen molar-refractivity contribution in [1.82, 2.24) is 9.97 Å². The fourth-order valence-electron chi connectivity index (χ4n) is 1.68. The molecule has 0 unspecified atom stereocenters. The molecule has 1 heterocycles. The molecule has 0 saturated carbocycles. The summed E-state index contributed by atoms with van der Waals surface area (Å²) in [6.45, 7) is 6.14. The van der Waals surface area contributed by atoms with Crippen LogP contribution >= 0.6 is 0 Å². The van der Waals surface area contributed by atoms with E-state index >= 15 is 0 Å². The number of benzene rings is 1. The number of aromatic nitrogens is 2. The van der Waals surface area contributed by atoms with Gasteiger partial charge in [0.25, 0.3) is 0 Å². The number of hydrogen-bond donors (Lipinski definition) is 2. The molecule has 2 rings (SSSR count). The Bertz CT molecular complexity index is 640. The minimum atomic E-state index is 0.628. The number of anilines is 3. The van der Waals surface area contributed by atoms with E-state index in [0.717, 1.165) is 11.5 Å². The van der Waals surface area contributed by atoms with Crippen molar-refractivity contribution in [1.29, 1.82) is 5.26 Å². The van der Waals surface area contributed by atoms with E-state index in [4.69, 9.17) is 5.26 Å². The molecule has 0 saturated heterocycles. The van der Waals surface area contributed by atoms with Crippen LogP contribution in [0.3, 0.4) is 0 Å². The molecule has 0 aliphatic heterocycles. The van der Waals surface area contributed by atoms with Gasteiger partial charge in [-0.1, -0.05) is 6.08 Å². The Morgan fingerprint density at radius 2 is 1.95 bits per heavy atom. The molecule has 0 bridgehead atoms. The molecule has 2 N–H and O–H groups in total. The van der Waals surface area contributed by atoms with Gasteiger partial charge in [0.2, 0.25) is 0 Å². The predicted molar refractivity (Wildman–Crippen MR) is 79.9 cm³/mol. The highest BCUT2D eigenvalue weighted by atomic mass is 15.1. The lowest BCUT2D eigenvalue weighted by molar-refractivity contribution is 1.05. The highest BCUT2D eigenvalue weighted by Crippen LogP contribution is 2.17. The standard InChI is InChI=1S/C15H15N5/c1-3-8-17-14-9-15(19-11(2)18-14)20-13-6-4-12(10-16)5-7-13/h3-7,9H,1,8H2,2H3,(H2,17,18,19,20). The molecule has 0 aliphatic rings. The van der Waals surface area contributed by atoms with Crippen molar-refractivity contribution in [3.05, 3.63) is 54.4 Å². The average Bonchev–Trinajstić information content (AvgIpc) is 2.45. The predicted octanol–water partition coefficient (Wildman–Crippen LogP) is 3.00. The van der Waals surface area contributed by atoms with E-state index in [-0.39, 0.29) is 0 Å². The topological polar surface area (TPSA) is 73.6 Å². The lowest BCUT2D eigenvalue weighted by Crippen LogP contribution is -2.04. The average molecular weight is 265 g/mol. The van der Waals surface area contributed by atoms with Gasteiger partial charge in [-0.05, 0) is 31.2 Å². The van der Waals surface area contributed by atoms with Crippen LogP contribution in [0.15, 0.2) is 43.0 Å². The maximum atomic E-state index is 8.77. The van der Waals surface area contributed by atoms with Gasteiger partial charge in [0.1, 0.15) is 17.5 Å². The van der Waals surface area contributed by atoms with Crippen LogP contribution in [0.5, 0.6) is 0 Å². The van der Waals surface area contributed by atoms with Crippen molar-refractivity contribution in [2.45, 2.75) is 6.92 Å². The second kappa shape index (κ2) is 6.34. The Morgan fingerprint density at radius 1 is 1.25 bits per heavy atom. The van der Waals surface area contributed by atoms with Crippen LogP contribution in [0, 0.1) is 18.3 Å². The SMILES string of the molecule is C=CCNc1cc(Nc2ccc(C#N)cc2)nc(C)n1. The first-order valence-electron chi connectivity index (χ1n) is 6.19. The van der Waals surface area contributed by atoms with Crippen molar-refractivity contribution >= 4 is 17.3 Å². The fourth-order valence-corrected chi connectivity index (χ4v) is 1.68. The largest absolute Gasteiger partial charge is 0.366 e. The number of nitrogens with zero attached hydrogens (tertiary/aromatic N) is 3. The Morgan fingerprint density at radius 3 is 2.60 bits per heavy atom. The first kappa shape index (κ1) is 13.6. The molecule has 5 heteroatoms. The van der Waals surface area contributed by atoms with E-state index in [1.54, 1.807) is 18.2 Å². The monoisotopic (exact) mass is 265 g/mol. The molecule has 100 valence electrons. The zero-order chi connectivity index (χ0) is 14.4. The summed E-state index contributed by atoms with van der Waals surface area (Å²) in [5, 5.41) is 15.1. The zero-order valence-electron chi connectivity index (χ0n) is 11.2. The summed E-state index contributed by atoms with van der Waals surface area (Å²) in [5.74, 6) is 2.12. The Labute approximate surface area is 118 Å². The molecule has 2 aromatic rings. The van der Waals surface area contributed by atoms with Gasteiger partial charge >= 0.3 is 0 Å². The molecule has 0 spiro atoms. The summed E-state index contributed by atoms with van der Waals surface area (Å²) in [5.41, 5.74) is 1.50. The van der Waals surface area contributed by atoms with E-state index in [9.17, 15) is 0 Å². The van der Waals surface area contributed by atoms with Crippen molar-refractivity contribution in [2.24, 2.45) is 0 Å². The number of rotatable bonds is 5.